The lowest BCUT2D eigenvalue weighted by Gasteiger charge is -2.28. The maximum absolute atomic E-state index is 10.7. The molecular weight excluding hydrogens is 180 g/mol. The Kier molecular flexibility index (Phi) is 3.89. The summed E-state index contributed by atoms with van der Waals surface area (Å²) >= 11 is 0. The first-order valence-electron chi connectivity index (χ1n) is 5.16. The Morgan fingerprint density at radius 1 is 1.57 bits per heavy atom. The van der Waals surface area contributed by atoms with Crippen LogP contribution in [0, 0.1) is 0 Å². The quantitative estimate of drug-likeness (QED) is 0.542. The molecule has 0 aromatic heterocycles. The second-order valence-corrected chi connectivity index (χ2v) is 4.70. The summed E-state index contributed by atoms with van der Waals surface area (Å²) in [6.45, 7) is 7.50. The molecule has 0 aromatic carbocycles. The van der Waals surface area contributed by atoms with Crippen molar-refractivity contribution in [1.29, 1.82) is 0 Å². The van der Waals surface area contributed by atoms with Crippen molar-refractivity contribution in [3.8, 4) is 0 Å². The summed E-state index contributed by atoms with van der Waals surface area (Å²) in [5.41, 5.74) is -0.306. The molecule has 1 atom stereocenters. The minimum absolute atomic E-state index is 0.306. The van der Waals surface area contributed by atoms with Crippen LogP contribution in [0.5, 0.6) is 0 Å². The largest absolute Gasteiger partial charge is 0.312 e. The van der Waals surface area contributed by atoms with Gasteiger partial charge in [0.25, 0.3) is 0 Å². The Morgan fingerprint density at radius 3 is 2.71 bits per heavy atom. The van der Waals surface area contributed by atoms with Crippen LogP contribution < -0.4 is 5.32 Å². The van der Waals surface area contributed by atoms with E-state index >= 15 is 0 Å². The predicted molar refractivity (Wildman–Crippen MR) is 54.6 cm³/mol. The van der Waals surface area contributed by atoms with E-state index in [1.165, 1.54) is 11.5 Å². The Balaban J connectivity index is 2.34. The van der Waals surface area contributed by atoms with E-state index in [1.54, 1.807) is 0 Å². The number of nitrogens with zero attached hydrogens (tertiary/aromatic N) is 1. The van der Waals surface area contributed by atoms with Gasteiger partial charge in [0.1, 0.15) is 0 Å². The summed E-state index contributed by atoms with van der Waals surface area (Å²) in [7, 11) is 0. The van der Waals surface area contributed by atoms with Gasteiger partial charge in [0.2, 0.25) is 6.41 Å². The fraction of sp³-hybridized carbons (Fsp3) is 0.900. The third-order valence-corrected chi connectivity index (χ3v) is 2.07. The number of rotatable bonds is 4. The van der Waals surface area contributed by atoms with E-state index in [1.807, 2.05) is 20.8 Å². The van der Waals surface area contributed by atoms with E-state index in [2.05, 4.69) is 5.32 Å². The highest BCUT2D eigenvalue weighted by Crippen LogP contribution is 2.12. The summed E-state index contributed by atoms with van der Waals surface area (Å²) in [5.74, 6) is 0. The molecule has 14 heavy (non-hydrogen) atoms. The van der Waals surface area contributed by atoms with Crippen LogP contribution in [0.4, 0.5) is 0 Å². The fourth-order valence-electron chi connectivity index (χ4n) is 1.58. The third-order valence-electron chi connectivity index (χ3n) is 2.07. The lowest BCUT2D eigenvalue weighted by Crippen LogP contribution is -2.40. The number of nitrogens with one attached hydrogen (secondary N) is 1. The van der Waals surface area contributed by atoms with Gasteiger partial charge in [-0.05, 0) is 40.2 Å². The van der Waals surface area contributed by atoms with Crippen LogP contribution in [-0.2, 0) is 9.63 Å². The number of hydroxylamine groups is 2. The second-order valence-electron chi connectivity index (χ2n) is 4.70. The molecule has 1 aliphatic heterocycles. The smallest absolute Gasteiger partial charge is 0.233 e. The first-order valence-corrected chi connectivity index (χ1v) is 5.16. The molecule has 0 saturated carbocycles. The third kappa shape index (κ3) is 4.07. The lowest BCUT2D eigenvalue weighted by molar-refractivity contribution is -0.217. The average molecular weight is 200 g/mol. The number of hydrogen-bond acceptors (Lipinski definition) is 3. The maximum atomic E-state index is 10.7. The maximum Gasteiger partial charge on any atom is 0.233 e. The Labute approximate surface area is 85.6 Å². The van der Waals surface area contributed by atoms with E-state index in [9.17, 15) is 4.79 Å². The molecule has 1 saturated heterocycles. The van der Waals surface area contributed by atoms with Gasteiger partial charge in [-0.1, -0.05) is 0 Å². The molecule has 1 heterocycles. The van der Waals surface area contributed by atoms with Crippen molar-refractivity contribution in [2.24, 2.45) is 0 Å². The standard InChI is InChI=1S/C10H20N2O2/c1-10(2,3)14-12(8-13)7-9-5-4-6-11-9/h8-9,11H,4-7H2,1-3H3/t9-/m1/s1. The van der Waals surface area contributed by atoms with Crippen LogP contribution in [0.1, 0.15) is 33.6 Å². The highest BCUT2D eigenvalue weighted by atomic mass is 16.7. The molecule has 1 N–H and O–H groups in total. The first-order chi connectivity index (χ1) is 6.51. The van der Waals surface area contributed by atoms with Gasteiger partial charge in [0.15, 0.2) is 0 Å². The van der Waals surface area contributed by atoms with Crippen LogP contribution in [0.25, 0.3) is 0 Å². The zero-order chi connectivity index (χ0) is 10.6. The highest BCUT2D eigenvalue weighted by molar-refractivity contribution is 5.45. The second kappa shape index (κ2) is 4.75. The minimum Gasteiger partial charge on any atom is -0.312 e. The van der Waals surface area contributed by atoms with E-state index < -0.39 is 0 Å². The number of carbonyl (C=O) groups is 1. The van der Waals surface area contributed by atoms with Crippen molar-refractivity contribution >= 4 is 6.41 Å². The van der Waals surface area contributed by atoms with Crippen molar-refractivity contribution in [2.75, 3.05) is 13.1 Å². The highest BCUT2D eigenvalue weighted by Gasteiger charge is 2.21. The molecule has 1 fully saturated rings. The summed E-state index contributed by atoms with van der Waals surface area (Å²) in [6, 6.07) is 0.391. The van der Waals surface area contributed by atoms with Crippen molar-refractivity contribution in [2.45, 2.75) is 45.3 Å². The summed E-state index contributed by atoms with van der Waals surface area (Å²) in [6.07, 6.45) is 3.07. The SMILES string of the molecule is CC(C)(C)ON(C=O)C[C@H]1CCCN1. The molecule has 1 aliphatic rings. The molecule has 0 bridgehead atoms. The normalized spacial score (nSPS) is 22.4. The monoisotopic (exact) mass is 200 g/mol. The average Bonchev–Trinajstić information content (AvgIpc) is 2.53. The first kappa shape index (κ1) is 11.5. The Morgan fingerprint density at radius 2 is 2.29 bits per heavy atom. The minimum atomic E-state index is -0.306. The van der Waals surface area contributed by atoms with Crippen molar-refractivity contribution in [1.82, 2.24) is 10.4 Å². The van der Waals surface area contributed by atoms with Crippen LogP contribution in [0.15, 0.2) is 0 Å². The van der Waals surface area contributed by atoms with E-state index in [4.69, 9.17) is 4.84 Å². The van der Waals surface area contributed by atoms with Gasteiger partial charge in [-0.25, -0.2) is 5.06 Å². The van der Waals surface area contributed by atoms with Crippen molar-refractivity contribution in [3.05, 3.63) is 0 Å². The Bertz CT molecular complexity index is 183. The zero-order valence-corrected chi connectivity index (χ0v) is 9.25. The molecule has 0 aliphatic carbocycles. The van der Waals surface area contributed by atoms with Gasteiger partial charge in [0, 0.05) is 6.04 Å². The molecule has 1 rings (SSSR count). The topological polar surface area (TPSA) is 41.6 Å². The van der Waals surface area contributed by atoms with Gasteiger partial charge < -0.3 is 5.32 Å². The molecule has 0 radical (unpaired) electrons. The summed E-state index contributed by atoms with van der Waals surface area (Å²) in [4.78, 5) is 16.2. The number of carbonyl (C=O) groups excluding carboxylic acids is 1. The van der Waals surface area contributed by atoms with Gasteiger partial charge in [-0.3, -0.25) is 9.63 Å². The van der Waals surface area contributed by atoms with Gasteiger partial charge in [-0.15, -0.1) is 0 Å². The molecule has 0 aromatic rings. The molecule has 0 unspecified atom stereocenters. The van der Waals surface area contributed by atoms with Crippen molar-refractivity contribution in [3.63, 3.8) is 0 Å². The Hall–Kier alpha value is -0.610. The summed E-state index contributed by atoms with van der Waals surface area (Å²) in [5, 5.41) is 4.72. The van der Waals surface area contributed by atoms with Gasteiger partial charge in [0.05, 0.1) is 12.1 Å². The zero-order valence-electron chi connectivity index (χ0n) is 9.25. The van der Waals surface area contributed by atoms with Gasteiger partial charge >= 0.3 is 0 Å². The molecule has 1 amide bonds. The van der Waals surface area contributed by atoms with E-state index in [-0.39, 0.29) is 5.60 Å². The van der Waals surface area contributed by atoms with Crippen LogP contribution >= 0.6 is 0 Å². The fourth-order valence-corrected chi connectivity index (χ4v) is 1.58. The number of hydrogen-bond donors (Lipinski definition) is 1. The molecule has 4 nitrogen and oxygen atoms in total. The molecule has 4 heteroatoms. The molecule has 82 valence electrons. The van der Waals surface area contributed by atoms with Gasteiger partial charge in [-0.2, -0.15) is 0 Å². The molecule has 0 spiro atoms. The lowest BCUT2D eigenvalue weighted by atomic mass is 10.2. The van der Waals surface area contributed by atoms with E-state index in [0.717, 1.165) is 19.4 Å². The number of amides is 1. The van der Waals surface area contributed by atoms with Crippen LogP contribution in [0.2, 0.25) is 0 Å². The molecular formula is C10H20N2O2. The van der Waals surface area contributed by atoms with E-state index in [0.29, 0.717) is 12.6 Å². The van der Waals surface area contributed by atoms with Crippen LogP contribution in [0.3, 0.4) is 0 Å². The van der Waals surface area contributed by atoms with Crippen LogP contribution in [-0.4, -0.2) is 36.2 Å². The van der Waals surface area contributed by atoms with Crippen molar-refractivity contribution < 1.29 is 9.63 Å². The summed E-state index contributed by atoms with van der Waals surface area (Å²) < 4.78 is 0. The predicted octanol–water partition coefficient (Wildman–Crippen LogP) is 0.927.